The van der Waals surface area contributed by atoms with Crippen molar-refractivity contribution < 1.29 is 14.1 Å². The Balaban J connectivity index is 1.59. The third kappa shape index (κ3) is 3.68. The minimum Gasteiger partial charge on any atom is -0.488 e. The smallest absolute Gasteiger partial charge is 0.252 e. The van der Waals surface area contributed by atoms with Crippen LogP contribution in [0.5, 0.6) is 5.75 Å². The number of para-hydroxylation sites is 1. The van der Waals surface area contributed by atoms with Gasteiger partial charge in [-0.1, -0.05) is 41.6 Å². The van der Waals surface area contributed by atoms with Crippen molar-refractivity contribution in [2.45, 2.75) is 25.8 Å². The van der Waals surface area contributed by atoms with Crippen molar-refractivity contribution in [3.8, 4) is 17.3 Å². The Morgan fingerprint density at radius 2 is 1.94 bits per heavy atom. The van der Waals surface area contributed by atoms with Crippen molar-refractivity contribution in [2.75, 3.05) is 11.9 Å². The Kier molecular flexibility index (Phi) is 4.95. The van der Waals surface area contributed by atoms with Crippen molar-refractivity contribution in [1.82, 2.24) is 15.1 Å². The maximum atomic E-state index is 11.7. The Morgan fingerprint density at radius 3 is 2.77 bits per heavy atom. The van der Waals surface area contributed by atoms with Crippen molar-refractivity contribution >= 4 is 22.7 Å². The van der Waals surface area contributed by atoms with Crippen LogP contribution < -0.4 is 15.8 Å². The van der Waals surface area contributed by atoms with Gasteiger partial charge in [-0.25, -0.2) is 9.97 Å². The Labute approximate surface area is 178 Å². The standard InChI is InChI=1S/C23H21N5O3/c24-21(29)16-10-6-9-15-18(28-31-19(15)16)22-26-17-11-4-5-12-30-20(17)23(27-22)25-13-14-7-2-1-3-8-14/h1-3,6-10H,4-5,11-13H2,(H2,24,29)(H,25,26,27). The molecule has 3 heterocycles. The number of primary amides is 1. The molecule has 31 heavy (non-hydrogen) atoms. The van der Waals surface area contributed by atoms with Crippen LogP contribution in [0.3, 0.4) is 0 Å². The molecule has 2 aromatic heterocycles. The van der Waals surface area contributed by atoms with Crippen LogP contribution in [0.1, 0.15) is 34.5 Å². The van der Waals surface area contributed by atoms with E-state index >= 15 is 0 Å². The minimum atomic E-state index is -0.574. The van der Waals surface area contributed by atoms with Crippen LogP contribution in [0.25, 0.3) is 22.5 Å². The SMILES string of the molecule is NC(=O)c1cccc2c(-c3nc4c(c(NCc5ccccc5)n3)OCCCC4)noc12. The summed E-state index contributed by atoms with van der Waals surface area (Å²) in [6.45, 7) is 1.23. The van der Waals surface area contributed by atoms with Crippen LogP contribution in [0.4, 0.5) is 5.82 Å². The predicted molar refractivity (Wildman–Crippen MR) is 116 cm³/mol. The molecule has 1 aliphatic rings. The Bertz CT molecular complexity index is 1250. The Morgan fingerprint density at radius 1 is 1.06 bits per heavy atom. The fourth-order valence-electron chi connectivity index (χ4n) is 3.71. The highest BCUT2D eigenvalue weighted by Crippen LogP contribution is 2.35. The van der Waals surface area contributed by atoms with Crippen molar-refractivity contribution in [3.05, 3.63) is 65.4 Å². The lowest BCUT2D eigenvalue weighted by atomic mass is 10.1. The van der Waals surface area contributed by atoms with Gasteiger partial charge in [-0.05, 0) is 37.0 Å². The van der Waals surface area contributed by atoms with Gasteiger partial charge in [0.15, 0.2) is 28.7 Å². The molecule has 0 saturated heterocycles. The predicted octanol–water partition coefficient (Wildman–Crippen LogP) is 3.71. The van der Waals surface area contributed by atoms with E-state index in [1.165, 1.54) is 0 Å². The van der Waals surface area contributed by atoms with Crippen molar-refractivity contribution in [1.29, 1.82) is 0 Å². The number of anilines is 1. The van der Waals surface area contributed by atoms with Crippen LogP contribution >= 0.6 is 0 Å². The second-order valence-corrected chi connectivity index (χ2v) is 7.39. The van der Waals surface area contributed by atoms with Gasteiger partial charge in [-0.15, -0.1) is 0 Å². The lowest BCUT2D eigenvalue weighted by molar-refractivity contribution is 0.100. The highest BCUT2D eigenvalue weighted by molar-refractivity contribution is 6.06. The maximum absolute atomic E-state index is 11.7. The molecule has 8 nitrogen and oxygen atoms in total. The first-order chi connectivity index (χ1) is 15.2. The molecule has 5 rings (SSSR count). The van der Waals surface area contributed by atoms with Gasteiger partial charge >= 0.3 is 0 Å². The molecule has 156 valence electrons. The minimum absolute atomic E-state index is 0.275. The molecule has 2 aromatic carbocycles. The van der Waals surface area contributed by atoms with E-state index in [-0.39, 0.29) is 5.56 Å². The number of carbonyl (C=O) groups excluding carboxylic acids is 1. The molecule has 0 atom stereocenters. The largest absolute Gasteiger partial charge is 0.488 e. The summed E-state index contributed by atoms with van der Waals surface area (Å²) in [6, 6.07) is 15.2. The summed E-state index contributed by atoms with van der Waals surface area (Å²) in [5, 5.41) is 8.19. The van der Waals surface area contributed by atoms with E-state index < -0.39 is 5.91 Å². The number of hydrogen-bond acceptors (Lipinski definition) is 7. The first kappa shape index (κ1) is 19.0. The van der Waals surface area contributed by atoms with Gasteiger partial charge in [-0.2, -0.15) is 0 Å². The Hall–Kier alpha value is -3.94. The molecule has 4 aromatic rings. The number of hydrogen-bond donors (Lipinski definition) is 2. The fraction of sp³-hybridized carbons (Fsp3) is 0.217. The summed E-state index contributed by atoms with van der Waals surface area (Å²) in [6.07, 6.45) is 2.72. The van der Waals surface area contributed by atoms with Crippen molar-refractivity contribution in [3.63, 3.8) is 0 Å². The monoisotopic (exact) mass is 415 g/mol. The number of carbonyl (C=O) groups is 1. The van der Waals surface area contributed by atoms with Crippen LogP contribution in [0.15, 0.2) is 53.1 Å². The van der Waals surface area contributed by atoms with E-state index in [2.05, 4.69) is 10.5 Å². The number of nitrogens with two attached hydrogens (primary N) is 1. The fourth-order valence-corrected chi connectivity index (χ4v) is 3.71. The highest BCUT2D eigenvalue weighted by Gasteiger charge is 2.23. The number of aryl methyl sites for hydroxylation is 1. The number of nitrogens with one attached hydrogen (secondary N) is 1. The van der Waals surface area contributed by atoms with E-state index in [1.807, 2.05) is 36.4 Å². The van der Waals surface area contributed by atoms with Gasteiger partial charge in [0.1, 0.15) is 0 Å². The molecule has 0 aliphatic carbocycles. The van der Waals surface area contributed by atoms with Crippen LogP contribution in [0.2, 0.25) is 0 Å². The molecule has 0 spiro atoms. The van der Waals surface area contributed by atoms with E-state index in [0.717, 1.165) is 30.5 Å². The number of nitrogens with zero attached hydrogens (tertiary/aromatic N) is 3. The third-order valence-corrected chi connectivity index (χ3v) is 5.27. The number of ether oxygens (including phenoxy) is 1. The molecule has 1 amide bonds. The van der Waals surface area contributed by atoms with E-state index in [9.17, 15) is 4.79 Å². The molecule has 0 bridgehead atoms. The zero-order valence-corrected chi connectivity index (χ0v) is 16.8. The van der Waals surface area contributed by atoms with Gasteiger partial charge in [0.2, 0.25) is 0 Å². The normalized spacial score (nSPS) is 13.3. The van der Waals surface area contributed by atoms with Gasteiger partial charge in [0.05, 0.1) is 23.3 Å². The lowest BCUT2D eigenvalue weighted by Crippen LogP contribution is -2.10. The van der Waals surface area contributed by atoms with E-state index in [0.29, 0.717) is 47.2 Å². The van der Waals surface area contributed by atoms with Gasteiger partial charge in [0.25, 0.3) is 5.91 Å². The first-order valence-electron chi connectivity index (χ1n) is 10.2. The first-order valence-corrected chi connectivity index (χ1v) is 10.2. The number of amides is 1. The molecule has 0 saturated carbocycles. The maximum Gasteiger partial charge on any atom is 0.252 e. The number of rotatable bonds is 5. The molecule has 0 fully saturated rings. The summed E-state index contributed by atoms with van der Waals surface area (Å²) in [4.78, 5) is 21.2. The number of aromatic nitrogens is 3. The van der Waals surface area contributed by atoms with E-state index in [1.54, 1.807) is 12.1 Å². The number of benzene rings is 2. The lowest BCUT2D eigenvalue weighted by Gasteiger charge is -2.14. The van der Waals surface area contributed by atoms with Gasteiger partial charge in [0, 0.05) is 6.54 Å². The zero-order chi connectivity index (χ0) is 21.2. The summed E-state index contributed by atoms with van der Waals surface area (Å²) in [7, 11) is 0. The second kappa shape index (κ2) is 8.06. The van der Waals surface area contributed by atoms with Crippen LogP contribution in [-0.4, -0.2) is 27.6 Å². The average Bonchev–Trinajstić information content (AvgIpc) is 3.08. The van der Waals surface area contributed by atoms with Gasteiger partial charge < -0.3 is 20.3 Å². The molecular formula is C23H21N5O3. The number of fused-ring (bicyclic) bond motifs is 2. The molecule has 1 aliphatic heterocycles. The summed E-state index contributed by atoms with van der Waals surface area (Å²) in [5.41, 5.74) is 8.50. The summed E-state index contributed by atoms with van der Waals surface area (Å²) < 4.78 is 11.4. The molecule has 0 radical (unpaired) electrons. The van der Waals surface area contributed by atoms with Crippen molar-refractivity contribution in [2.24, 2.45) is 5.73 Å². The summed E-state index contributed by atoms with van der Waals surface area (Å²) >= 11 is 0. The van der Waals surface area contributed by atoms with E-state index in [4.69, 9.17) is 25.0 Å². The van der Waals surface area contributed by atoms with Crippen LogP contribution in [-0.2, 0) is 13.0 Å². The molecule has 8 heteroatoms. The van der Waals surface area contributed by atoms with Gasteiger partial charge in [-0.3, -0.25) is 4.79 Å². The quantitative estimate of drug-likeness (QED) is 0.510. The average molecular weight is 415 g/mol. The molecule has 3 N–H and O–H groups in total. The zero-order valence-electron chi connectivity index (χ0n) is 16.8. The highest BCUT2D eigenvalue weighted by atomic mass is 16.5. The second-order valence-electron chi connectivity index (χ2n) is 7.39. The summed E-state index contributed by atoms with van der Waals surface area (Å²) in [5.74, 6) is 1.14. The van der Waals surface area contributed by atoms with Crippen LogP contribution in [0, 0.1) is 0 Å². The third-order valence-electron chi connectivity index (χ3n) is 5.27. The molecule has 0 unspecified atom stereocenters. The molecular weight excluding hydrogens is 394 g/mol. The topological polar surface area (TPSA) is 116 Å².